The number of rotatable bonds is 3. The van der Waals surface area contributed by atoms with Crippen LogP contribution in [-0.4, -0.2) is 22.5 Å². The van der Waals surface area contributed by atoms with Crippen molar-refractivity contribution in [3.63, 3.8) is 0 Å². The number of hydrogen-bond acceptors (Lipinski definition) is 4. The molecule has 2 N–H and O–H groups in total. The van der Waals surface area contributed by atoms with Crippen LogP contribution in [0.1, 0.15) is 17.4 Å². The highest BCUT2D eigenvalue weighted by Gasteiger charge is 2.01. The van der Waals surface area contributed by atoms with Crippen LogP contribution < -0.4 is 10.5 Å². The van der Waals surface area contributed by atoms with Crippen molar-refractivity contribution in [2.24, 2.45) is 5.73 Å². The average Bonchev–Trinajstić information content (AvgIpc) is 2.06. The van der Waals surface area contributed by atoms with Gasteiger partial charge in [-0.15, -0.1) is 0 Å². The normalized spacial score (nSPS) is 9.42. The molecule has 0 radical (unpaired) electrons. The second kappa shape index (κ2) is 3.66. The molecular formula is C7H9N3O2. The monoisotopic (exact) mass is 167 g/mol. The van der Waals surface area contributed by atoms with Crippen LogP contribution in [0.15, 0.2) is 12.4 Å². The van der Waals surface area contributed by atoms with Crippen LogP contribution in [0.2, 0.25) is 0 Å². The molecule has 1 aromatic heterocycles. The van der Waals surface area contributed by atoms with E-state index in [0.717, 1.165) is 0 Å². The first-order valence-corrected chi connectivity index (χ1v) is 3.48. The first-order valence-electron chi connectivity index (χ1n) is 3.48. The lowest BCUT2D eigenvalue weighted by atomic mass is 10.4. The molecule has 5 nitrogen and oxygen atoms in total. The van der Waals surface area contributed by atoms with Gasteiger partial charge in [0.1, 0.15) is 5.69 Å². The fourth-order valence-corrected chi connectivity index (χ4v) is 0.666. The summed E-state index contributed by atoms with van der Waals surface area (Å²) in [6, 6.07) is 0. The van der Waals surface area contributed by atoms with Gasteiger partial charge in [0.05, 0.1) is 19.0 Å². The number of primary amides is 1. The number of carbonyl (C=O) groups is 1. The Labute approximate surface area is 69.6 Å². The van der Waals surface area contributed by atoms with Gasteiger partial charge in [0.2, 0.25) is 5.88 Å². The van der Waals surface area contributed by atoms with Crippen LogP contribution in [0.3, 0.4) is 0 Å². The first-order chi connectivity index (χ1) is 5.74. The van der Waals surface area contributed by atoms with Crippen molar-refractivity contribution in [2.45, 2.75) is 6.92 Å². The third-order valence-corrected chi connectivity index (χ3v) is 1.17. The standard InChI is InChI=1S/C7H9N3O2/c1-2-12-6-4-9-5(3-10-6)7(8)11/h3-4H,2H2,1H3,(H2,8,11). The van der Waals surface area contributed by atoms with Crippen molar-refractivity contribution in [3.05, 3.63) is 18.1 Å². The van der Waals surface area contributed by atoms with Crippen LogP contribution in [0.5, 0.6) is 5.88 Å². The van der Waals surface area contributed by atoms with Gasteiger partial charge in [-0.05, 0) is 6.92 Å². The third kappa shape index (κ3) is 1.91. The Morgan fingerprint density at radius 3 is 2.75 bits per heavy atom. The molecule has 0 saturated carbocycles. The second-order valence-corrected chi connectivity index (χ2v) is 2.04. The molecule has 12 heavy (non-hydrogen) atoms. The predicted octanol–water partition coefficient (Wildman–Crippen LogP) is -0.0258. The van der Waals surface area contributed by atoms with Crippen LogP contribution in [0.4, 0.5) is 0 Å². The van der Waals surface area contributed by atoms with Crippen LogP contribution in [0, 0.1) is 0 Å². The van der Waals surface area contributed by atoms with Gasteiger partial charge in [-0.25, -0.2) is 9.97 Å². The molecule has 0 spiro atoms. The average molecular weight is 167 g/mol. The fourth-order valence-electron chi connectivity index (χ4n) is 0.666. The lowest BCUT2D eigenvalue weighted by Crippen LogP contribution is -2.13. The Morgan fingerprint density at radius 1 is 1.58 bits per heavy atom. The number of hydrogen-bond donors (Lipinski definition) is 1. The van der Waals surface area contributed by atoms with Gasteiger partial charge in [0.25, 0.3) is 5.91 Å². The van der Waals surface area contributed by atoms with E-state index in [-0.39, 0.29) is 5.69 Å². The van der Waals surface area contributed by atoms with Crippen molar-refractivity contribution >= 4 is 5.91 Å². The Morgan fingerprint density at radius 2 is 2.33 bits per heavy atom. The third-order valence-electron chi connectivity index (χ3n) is 1.17. The summed E-state index contributed by atoms with van der Waals surface area (Å²) >= 11 is 0. The van der Waals surface area contributed by atoms with E-state index in [1.165, 1.54) is 12.4 Å². The predicted molar refractivity (Wildman–Crippen MR) is 41.7 cm³/mol. The molecule has 0 fully saturated rings. The van der Waals surface area contributed by atoms with E-state index >= 15 is 0 Å². The summed E-state index contributed by atoms with van der Waals surface area (Å²) in [4.78, 5) is 18.1. The lowest BCUT2D eigenvalue weighted by Gasteiger charge is -1.99. The first kappa shape index (κ1) is 8.45. The molecule has 0 aliphatic rings. The zero-order valence-electron chi connectivity index (χ0n) is 6.65. The molecule has 1 heterocycles. The number of aromatic nitrogens is 2. The number of ether oxygens (including phenoxy) is 1. The van der Waals surface area contributed by atoms with Gasteiger partial charge in [-0.3, -0.25) is 4.79 Å². The number of amides is 1. The Kier molecular flexibility index (Phi) is 2.57. The molecule has 1 amide bonds. The van der Waals surface area contributed by atoms with Gasteiger partial charge < -0.3 is 10.5 Å². The van der Waals surface area contributed by atoms with E-state index in [1.807, 2.05) is 6.92 Å². The minimum Gasteiger partial charge on any atom is -0.477 e. The molecule has 0 saturated heterocycles. The molecule has 0 aromatic carbocycles. The minimum atomic E-state index is -0.592. The molecule has 64 valence electrons. The van der Waals surface area contributed by atoms with Crippen molar-refractivity contribution < 1.29 is 9.53 Å². The maximum Gasteiger partial charge on any atom is 0.268 e. The molecule has 0 aliphatic heterocycles. The van der Waals surface area contributed by atoms with E-state index in [4.69, 9.17) is 10.5 Å². The second-order valence-electron chi connectivity index (χ2n) is 2.04. The molecule has 0 bridgehead atoms. The van der Waals surface area contributed by atoms with Gasteiger partial charge >= 0.3 is 0 Å². The van der Waals surface area contributed by atoms with Crippen molar-refractivity contribution in [1.82, 2.24) is 9.97 Å². The minimum absolute atomic E-state index is 0.137. The van der Waals surface area contributed by atoms with Crippen molar-refractivity contribution in [3.8, 4) is 5.88 Å². The number of nitrogens with zero attached hydrogens (tertiary/aromatic N) is 2. The van der Waals surface area contributed by atoms with Gasteiger partial charge in [-0.1, -0.05) is 0 Å². The Bertz CT molecular complexity index is 270. The van der Waals surface area contributed by atoms with Crippen LogP contribution in [-0.2, 0) is 0 Å². The van der Waals surface area contributed by atoms with Crippen molar-refractivity contribution in [2.75, 3.05) is 6.61 Å². The summed E-state index contributed by atoms with van der Waals surface area (Å²) in [5, 5.41) is 0. The maximum atomic E-state index is 10.5. The molecule has 0 unspecified atom stereocenters. The highest BCUT2D eigenvalue weighted by Crippen LogP contribution is 2.02. The topological polar surface area (TPSA) is 78.1 Å². The lowest BCUT2D eigenvalue weighted by molar-refractivity contribution is 0.0995. The smallest absolute Gasteiger partial charge is 0.268 e. The van der Waals surface area contributed by atoms with Gasteiger partial charge in [-0.2, -0.15) is 0 Å². The van der Waals surface area contributed by atoms with Crippen LogP contribution >= 0.6 is 0 Å². The van der Waals surface area contributed by atoms with Gasteiger partial charge in [0, 0.05) is 0 Å². The summed E-state index contributed by atoms with van der Waals surface area (Å²) < 4.78 is 5.01. The van der Waals surface area contributed by atoms with E-state index in [1.54, 1.807) is 0 Å². The van der Waals surface area contributed by atoms with E-state index < -0.39 is 5.91 Å². The maximum absolute atomic E-state index is 10.5. The SMILES string of the molecule is CCOc1cnc(C(N)=O)cn1. The molecule has 0 aliphatic carbocycles. The van der Waals surface area contributed by atoms with E-state index in [0.29, 0.717) is 12.5 Å². The largest absolute Gasteiger partial charge is 0.477 e. The highest BCUT2D eigenvalue weighted by molar-refractivity contribution is 5.90. The summed E-state index contributed by atoms with van der Waals surface area (Å²) in [5.74, 6) is -0.201. The summed E-state index contributed by atoms with van der Waals surface area (Å²) in [7, 11) is 0. The molecular weight excluding hydrogens is 158 g/mol. The molecule has 1 aromatic rings. The number of nitrogens with two attached hydrogens (primary N) is 1. The van der Waals surface area contributed by atoms with Crippen LogP contribution in [0.25, 0.3) is 0 Å². The molecule has 1 rings (SSSR count). The fraction of sp³-hybridized carbons (Fsp3) is 0.286. The van der Waals surface area contributed by atoms with Crippen molar-refractivity contribution in [1.29, 1.82) is 0 Å². The van der Waals surface area contributed by atoms with E-state index in [9.17, 15) is 4.79 Å². The Hall–Kier alpha value is -1.65. The Balaban J connectivity index is 2.78. The zero-order chi connectivity index (χ0) is 8.97. The highest BCUT2D eigenvalue weighted by atomic mass is 16.5. The zero-order valence-corrected chi connectivity index (χ0v) is 6.65. The summed E-state index contributed by atoms with van der Waals surface area (Å²) in [6.45, 7) is 2.36. The molecule has 5 heteroatoms. The van der Waals surface area contributed by atoms with E-state index in [2.05, 4.69) is 9.97 Å². The summed E-state index contributed by atoms with van der Waals surface area (Å²) in [5.41, 5.74) is 5.09. The molecule has 0 atom stereocenters. The summed E-state index contributed by atoms with van der Waals surface area (Å²) in [6.07, 6.45) is 2.65. The number of carbonyl (C=O) groups excluding carboxylic acids is 1. The van der Waals surface area contributed by atoms with Gasteiger partial charge in [0.15, 0.2) is 0 Å². The quantitative estimate of drug-likeness (QED) is 0.685.